The molecule has 3 heterocycles. The molecule has 1 saturated carbocycles. The van der Waals surface area contributed by atoms with Crippen LogP contribution in [0.1, 0.15) is 31.4 Å². The summed E-state index contributed by atoms with van der Waals surface area (Å²) in [6.45, 7) is 5.91. The van der Waals surface area contributed by atoms with Crippen molar-refractivity contribution in [2.75, 3.05) is 42.9 Å². The molecule has 0 atom stereocenters. The average Bonchev–Trinajstić information content (AvgIpc) is 3.42. The fraction of sp³-hybridized carbons (Fsp3) is 0.524. The van der Waals surface area contributed by atoms with Gasteiger partial charge in [-0.15, -0.1) is 11.3 Å². The van der Waals surface area contributed by atoms with E-state index in [0.29, 0.717) is 6.54 Å². The number of hydrogen-bond donors (Lipinski definition) is 1. The summed E-state index contributed by atoms with van der Waals surface area (Å²) in [7, 11) is 0. The van der Waals surface area contributed by atoms with E-state index in [1.807, 2.05) is 25.1 Å². The predicted octanol–water partition coefficient (Wildman–Crippen LogP) is 3.25. The zero-order valence-corrected chi connectivity index (χ0v) is 17.5. The first-order valence-corrected chi connectivity index (χ1v) is 11.2. The van der Waals surface area contributed by atoms with E-state index in [-0.39, 0.29) is 5.91 Å². The zero-order valence-electron chi connectivity index (χ0n) is 16.6. The summed E-state index contributed by atoms with van der Waals surface area (Å²) in [6, 6.07) is 5.66. The number of amides is 1. The topological polar surface area (TPSA) is 66.9 Å². The number of nitrogens with zero attached hydrogens (tertiary/aromatic N) is 3. The lowest BCUT2D eigenvalue weighted by Gasteiger charge is -2.34. The van der Waals surface area contributed by atoms with E-state index in [1.54, 1.807) is 11.3 Å². The number of rotatable bonds is 4. The number of fused-ring (bicyclic) bond motifs is 1. The van der Waals surface area contributed by atoms with Crippen molar-refractivity contribution in [2.24, 2.45) is 0 Å². The van der Waals surface area contributed by atoms with Gasteiger partial charge in [0, 0.05) is 56.2 Å². The van der Waals surface area contributed by atoms with Crippen molar-refractivity contribution in [3.63, 3.8) is 0 Å². The molecule has 0 unspecified atom stereocenters. The van der Waals surface area contributed by atoms with Crippen molar-refractivity contribution >= 4 is 28.1 Å². The van der Waals surface area contributed by atoms with Crippen LogP contribution in [0.3, 0.4) is 0 Å². The summed E-state index contributed by atoms with van der Waals surface area (Å²) in [5, 5.41) is 6.16. The first-order chi connectivity index (χ1) is 14.1. The van der Waals surface area contributed by atoms with Crippen LogP contribution in [0.15, 0.2) is 23.6 Å². The summed E-state index contributed by atoms with van der Waals surface area (Å²) in [5.74, 6) is 1.04. The number of ether oxygens (including phenoxy) is 2. The Labute approximate surface area is 174 Å². The largest absolute Gasteiger partial charge is 0.448 e. The van der Waals surface area contributed by atoms with Crippen LogP contribution >= 0.6 is 11.3 Å². The number of thiazole rings is 1. The number of carbonyl (C=O) groups excluding carboxylic acids is 1. The molecule has 29 heavy (non-hydrogen) atoms. The summed E-state index contributed by atoms with van der Waals surface area (Å²) in [5.41, 5.74) is 1.82. The second-order valence-electron chi connectivity index (χ2n) is 8.07. The lowest BCUT2D eigenvalue weighted by molar-refractivity contribution is -0.117. The van der Waals surface area contributed by atoms with Crippen LogP contribution in [0, 0.1) is 6.92 Å². The minimum atomic E-state index is -0.472. The third-order valence-corrected chi connectivity index (χ3v) is 6.82. The van der Waals surface area contributed by atoms with Crippen LogP contribution < -0.4 is 19.7 Å². The summed E-state index contributed by atoms with van der Waals surface area (Å²) in [4.78, 5) is 21.6. The lowest BCUT2D eigenvalue weighted by Crippen LogP contribution is -2.48. The summed E-state index contributed by atoms with van der Waals surface area (Å²) < 4.78 is 12.1. The van der Waals surface area contributed by atoms with E-state index >= 15 is 0 Å². The number of carbonyl (C=O) groups is 1. The van der Waals surface area contributed by atoms with Crippen molar-refractivity contribution in [3.8, 4) is 11.5 Å². The number of piperazine rings is 1. The predicted molar refractivity (Wildman–Crippen MR) is 113 cm³/mol. The van der Waals surface area contributed by atoms with Gasteiger partial charge in [-0.25, -0.2) is 4.98 Å². The maximum atomic E-state index is 12.5. The normalized spacial score (nSPS) is 20.4. The quantitative estimate of drug-likeness (QED) is 0.828. The Morgan fingerprint density at radius 2 is 1.93 bits per heavy atom. The number of aryl methyl sites for hydroxylation is 1. The molecule has 2 aromatic rings. The van der Waals surface area contributed by atoms with Crippen molar-refractivity contribution in [1.29, 1.82) is 0 Å². The molecule has 1 aliphatic carbocycles. The molecule has 154 valence electrons. The second kappa shape index (κ2) is 7.50. The Kier molecular flexibility index (Phi) is 4.83. The molecule has 7 nitrogen and oxygen atoms in total. The average molecular weight is 415 g/mol. The number of anilines is 2. The van der Waals surface area contributed by atoms with Crippen molar-refractivity contribution in [1.82, 2.24) is 9.88 Å². The number of benzene rings is 1. The Morgan fingerprint density at radius 1 is 1.17 bits per heavy atom. The molecule has 0 bridgehead atoms. The molecule has 0 radical (unpaired) electrons. The third kappa shape index (κ3) is 3.91. The van der Waals surface area contributed by atoms with E-state index in [0.717, 1.165) is 79.9 Å². The minimum Gasteiger partial charge on any atom is -0.448 e. The second-order valence-corrected chi connectivity index (χ2v) is 8.90. The molecule has 3 aliphatic rings. The fourth-order valence-electron chi connectivity index (χ4n) is 4.28. The van der Waals surface area contributed by atoms with E-state index in [4.69, 9.17) is 9.47 Å². The molecule has 1 N–H and O–H groups in total. The number of nitrogens with one attached hydrogen (secondary N) is 1. The maximum Gasteiger partial charge on any atom is 0.251 e. The standard InChI is InChI=1S/C21H26N4O3S/c1-15-14-29-20(22-15)25-10-8-24(9-11-25)13-19(26)23-16-4-5-17-18(12-16)28-21(27-17)6-2-3-7-21/h4-5,12,14H,2-3,6-11,13H2,1H3,(H,23,26). The van der Waals surface area contributed by atoms with Gasteiger partial charge in [0.1, 0.15) is 0 Å². The molecule has 1 spiro atoms. The van der Waals surface area contributed by atoms with Gasteiger partial charge in [0.15, 0.2) is 16.6 Å². The molecule has 2 fully saturated rings. The highest BCUT2D eigenvalue weighted by Gasteiger charge is 2.44. The van der Waals surface area contributed by atoms with Gasteiger partial charge < -0.3 is 19.7 Å². The number of aromatic nitrogens is 1. The molecular formula is C21H26N4O3S. The van der Waals surface area contributed by atoms with E-state index in [9.17, 15) is 4.79 Å². The first-order valence-electron chi connectivity index (χ1n) is 10.3. The van der Waals surface area contributed by atoms with Gasteiger partial charge in [0.25, 0.3) is 5.79 Å². The van der Waals surface area contributed by atoms with Gasteiger partial charge in [-0.05, 0) is 31.9 Å². The molecule has 5 rings (SSSR count). The van der Waals surface area contributed by atoms with Crippen molar-refractivity contribution < 1.29 is 14.3 Å². The first kappa shape index (κ1) is 18.7. The minimum absolute atomic E-state index is 0.00186. The monoisotopic (exact) mass is 414 g/mol. The molecular weight excluding hydrogens is 388 g/mol. The van der Waals surface area contributed by atoms with E-state index in [2.05, 4.69) is 25.5 Å². The van der Waals surface area contributed by atoms with Crippen LogP contribution in [-0.4, -0.2) is 54.3 Å². The van der Waals surface area contributed by atoms with Crippen molar-refractivity contribution in [3.05, 3.63) is 29.3 Å². The third-order valence-electron chi connectivity index (χ3n) is 5.80. The maximum absolute atomic E-state index is 12.5. The zero-order chi connectivity index (χ0) is 19.8. The van der Waals surface area contributed by atoms with Crippen LogP contribution in [0.5, 0.6) is 11.5 Å². The molecule has 1 saturated heterocycles. The van der Waals surface area contributed by atoms with Gasteiger partial charge >= 0.3 is 0 Å². The molecule has 1 amide bonds. The molecule has 8 heteroatoms. The van der Waals surface area contributed by atoms with Gasteiger partial charge in [0.05, 0.1) is 12.2 Å². The molecule has 1 aromatic carbocycles. The molecule has 1 aromatic heterocycles. The van der Waals surface area contributed by atoms with Gasteiger partial charge in [-0.1, -0.05) is 0 Å². The Hall–Kier alpha value is -2.32. The Morgan fingerprint density at radius 3 is 2.66 bits per heavy atom. The SMILES string of the molecule is Cc1csc(N2CCN(CC(=O)Nc3ccc4c(c3)OC3(CCCC3)O4)CC2)n1. The summed E-state index contributed by atoms with van der Waals surface area (Å²) in [6.07, 6.45) is 4.12. The molecule has 2 aliphatic heterocycles. The Balaban J connectivity index is 1.13. The highest BCUT2D eigenvalue weighted by Crippen LogP contribution is 2.47. The van der Waals surface area contributed by atoms with Crippen LogP contribution in [0.2, 0.25) is 0 Å². The Bertz CT molecular complexity index is 901. The van der Waals surface area contributed by atoms with Gasteiger partial charge in [-0.3, -0.25) is 9.69 Å². The van der Waals surface area contributed by atoms with Crippen LogP contribution in [0.4, 0.5) is 10.8 Å². The summed E-state index contributed by atoms with van der Waals surface area (Å²) >= 11 is 1.68. The highest BCUT2D eigenvalue weighted by molar-refractivity contribution is 7.13. The van der Waals surface area contributed by atoms with Gasteiger partial charge in [-0.2, -0.15) is 0 Å². The van der Waals surface area contributed by atoms with E-state index < -0.39 is 5.79 Å². The van der Waals surface area contributed by atoms with Crippen molar-refractivity contribution in [2.45, 2.75) is 38.4 Å². The lowest BCUT2D eigenvalue weighted by atomic mass is 10.2. The van der Waals surface area contributed by atoms with Gasteiger partial charge in [0.2, 0.25) is 5.91 Å². The van der Waals surface area contributed by atoms with E-state index in [1.165, 1.54) is 0 Å². The van der Waals surface area contributed by atoms with Crippen LogP contribution in [0.25, 0.3) is 0 Å². The fourth-order valence-corrected chi connectivity index (χ4v) is 5.13. The smallest absolute Gasteiger partial charge is 0.251 e. The highest BCUT2D eigenvalue weighted by atomic mass is 32.1. The van der Waals surface area contributed by atoms with Crippen LogP contribution in [-0.2, 0) is 4.79 Å². The number of hydrogen-bond acceptors (Lipinski definition) is 7.